The van der Waals surface area contributed by atoms with Crippen molar-refractivity contribution in [1.82, 2.24) is 15.1 Å². The summed E-state index contributed by atoms with van der Waals surface area (Å²) in [5.74, 6) is -0.661. The third-order valence-corrected chi connectivity index (χ3v) is 7.13. The van der Waals surface area contributed by atoms with E-state index in [-0.39, 0.29) is 29.0 Å². The first kappa shape index (κ1) is 26.9. The minimum absolute atomic E-state index is 0.00786. The highest BCUT2D eigenvalue weighted by atomic mass is 19.1. The summed E-state index contributed by atoms with van der Waals surface area (Å²) >= 11 is 0. The molecule has 9 heteroatoms. The maximum absolute atomic E-state index is 15.2. The van der Waals surface area contributed by atoms with Crippen LogP contribution in [0.4, 0.5) is 15.9 Å². The van der Waals surface area contributed by atoms with Crippen LogP contribution in [0.25, 0.3) is 11.3 Å². The van der Waals surface area contributed by atoms with Crippen molar-refractivity contribution >= 4 is 23.3 Å². The Bertz CT molecular complexity index is 1620. The number of fused-ring (bicyclic) bond motifs is 2. The molecular weight excluding hydrogens is 509 g/mol. The summed E-state index contributed by atoms with van der Waals surface area (Å²) in [6.07, 6.45) is 0.706. The Morgan fingerprint density at radius 3 is 2.60 bits per heavy atom. The van der Waals surface area contributed by atoms with Crippen LogP contribution in [0.1, 0.15) is 58.2 Å². The van der Waals surface area contributed by atoms with Crippen molar-refractivity contribution in [2.24, 2.45) is 5.73 Å². The number of ether oxygens (including phenoxy) is 1. The third-order valence-electron chi connectivity index (χ3n) is 7.13. The van der Waals surface area contributed by atoms with Crippen molar-refractivity contribution < 1.29 is 18.7 Å². The van der Waals surface area contributed by atoms with Gasteiger partial charge in [-0.2, -0.15) is 5.10 Å². The number of carbonyl (C=O) groups is 2. The van der Waals surface area contributed by atoms with Gasteiger partial charge in [0.15, 0.2) is 0 Å². The first-order valence-electron chi connectivity index (χ1n) is 13.1. The molecule has 0 unspecified atom stereocenters. The number of methoxy groups -OCH3 is 1. The van der Waals surface area contributed by atoms with Gasteiger partial charge in [0.25, 0.3) is 11.8 Å². The lowest BCUT2D eigenvalue weighted by Crippen LogP contribution is -2.23. The first-order valence-corrected chi connectivity index (χ1v) is 13.1. The fourth-order valence-electron chi connectivity index (χ4n) is 4.87. The zero-order valence-electron chi connectivity index (χ0n) is 23.0. The average molecular weight is 542 g/mol. The maximum atomic E-state index is 15.2. The van der Waals surface area contributed by atoms with Gasteiger partial charge in [0, 0.05) is 29.9 Å². The van der Waals surface area contributed by atoms with Gasteiger partial charge in [0.1, 0.15) is 28.6 Å². The number of nitrogens with two attached hydrogens (primary N) is 1. The third kappa shape index (κ3) is 5.14. The largest absolute Gasteiger partial charge is 0.496 e. The van der Waals surface area contributed by atoms with Gasteiger partial charge >= 0.3 is 0 Å². The molecule has 8 nitrogen and oxygen atoms in total. The predicted molar refractivity (Wildman–Crippen MR) is 152 cm³/mol. The lowest BCUT2D eigenvalue weighted by Gasteiger charge is -2.21. The molecule has 0 saturated heterocycles. The summed E-state index contributed by atoms with van der Waals surface area (Å²) in [5, 5.41) is 10.7. The number of aryl methyl sites for hydroxylation is 2. The number of anilines is 2. The molecule has 0 spiro atoms. The van der Waals surface area contributed by atoms with Crippen LogP contribution in [0.15, 0.2) is 60.7 Å². The number of amides is 2. The molecule has 0 radical (unpaired) electrons. The lowest BCUT2D eigenvalue weighted by molar-refractivity contribution is 0.0946. The summed E-state index contributed by atoms with van der Waals surface area (Å²) in [4.78, 5) is 25.3. The van der Waals surface area contributed by atoms with Crippen molar-refractivity contribution in [3.8, 4) is 17.0 Å². The monoisotopic (exact) mass is 541 g/mol. The van der Waals surface area contributed by atoms with Crippen LogP contribution in [0, 0.1) is 5.82 Å². The lowest BCUT2D eigenvalue weighted by atomic mass is 9.85. The Labute approximate surface area is 232 Å². The molecule has 2 amide bonds. The Morgan fingerprint density at radius 1 is 1.12 bits per heavy atom. The van der Waals surface area contributed by atoms with E-state index < -0.39 is 11.7 Å². The molecule has 0 bridgehead atoms. The number of hydrogen-bond acceptors (Lipinski definition) is 5. The van der Waals surface area contributed by atoms with E-state index in [0.717, 1.165) is 11.3 Å². The molecule has 206 valence electrons. The van der Waals surface area contributed by atoms with Gasteiger partial charge in [-0.3, -0.25) is 9.59 Å². The molecule has 1 aromatic heterocycles. The molecular formula is C31H32FN5O3. The Kier molecular flexibility index (Phi) is 7.06. The molecule has 4 N–H and O–H groups in total. The molecule has 5 rings (SSSR count). The van der Waals surface area contributed by atoms with E-state index in [9.17, 15) is 9.59 Å². The fourth-order valence-corrected chi connectivity index (χ4v) is 4.87. The van der Waals surface area contributed by atoms with Crippen LogP contribution in [-0.4, -0.2) is 28.7 Å². The zero-order chi connectivity index (χ0) is 28.6. The number of nitrogens with zero attached hydrogens (tertiary/aromatic N) is 2. The molecule has 3 aromatic carbocycles. The molecule has 1 aliphatic rings. The Hall–Kier alpha value is -4.66. The van der Waals surface area contributed by atoms with E-state index in [2.05, 4.69) is 48.6 Å². The van der Waals surface area contributed by atoms with Gasteiger partial charge in [-0.1, -0.05) is 57.2 Å². The number of halogens is 1. The number of benzene rings is 3. The quantitative estimate of drug-likeness (QED) is 0.306. The zero-order valence-corrected chi connectivity index (χ0v) is 23.0. The van der Waals surface area contributed by atoms with Gasteiger partial charge in [-0.25, -0.2) is 9.07 Å². The molecule has 0 aliphatic carbocycles. The molecule has 0 saturated carbocycles. The highest BCUT2D eigenvalue weighted by Gasteiger charge is 2.27. The van der Waals surface area contributed by atoms with E-state index in [1.54, 1.807) is 41.1 Å². The van der Waals surface area contributed by atoms with E-state index in [0.29, 0.717) is 41.4 Å². The number of para-hydroxylation sites is 1. The topological polar surface area (TPSA) is 111 Å². The highest BCUT2D eigenvalue weighted by Crippen LogP contribution is 2.36. The minimum Gasteiger partial charge on any atom is -0.496 e. The summed E-state index contributed by atoms with van der Waals surface area (Å²) in [6, 6.07) is 17.6. The Balaban J connectivity index is 1.41. The number of hydrogen-bond donors (Lipinski definition) is 3. The summed E-state index contributed by atoms with van der Waals surface area (Å²) < 4.78 is 22.1. The van der Waals surface area contributed by atoms with Gasteiger partial charge < -0.3 is 21.1 Å². The van der Waals surface area contributed by atoms with Gasteiger partial charge in [0.05, 0.1) is 12.7 Å². The van der Waals surface area contributed by atoms with Crippen molar-refractivity contribution in [2.45, 2.75) is 45.7 Å². The van der Waals surface area contributed by atoms with Crippen LogP contribution in [0.3, 0.4) is 0 Å². The normalized spacial score (nSPS) is 12.5. The van der Waals surface area contributed by atoms with Crippen LogP contribution in [0.5, 0.6) is 5.75 Å². The summed E-state index contributed by atoms with van der Waals surface area (Å²) in [7, 11) is 1.48. The molecule has 2 heterocycles. The van der Waals surface area contributed by atoms with Crippen LogP contribution >= 0.6 is 0 Å². The van der Waals surface area contributed by atoms with Crippen molar-refractivity contribution in [2.75, 3.05) is 12.4 Å². The number of rotatable bonds is 6. The van der Waals surface area contributed by atoms with Crippen molar-refractivity contribution in [1.29, 1.82) is 0 Å². The van der Waals surface area contributed by atoms with E-state index in [1.807, 2.05) is 6.07 Å². The van der Waals surface area contributed by atoms with Gasteiger partial charge in [-0.05, 0) is 47.2 Å². The standard InChI is InChI=1S/C31H32FN5O3/c1-31(2,3)21-11-12-24-18(15-21)13-14-37-29(35-24)26(28(33)38)27(36-37)19-9-10-20(23(32)16-19)17-34-30(39)22-7-5-6-8-25(22)40-4/h5-12,15-16,35H,13-14,17H2,1-4H3,(H2,33,38)(H,34,39). The summed E-state index contributed by atoms with van der Waals surface area (Å²) in [6.45, 7) is 7.00. The summed E-state index contributed by atoms with van der Waals surface area (Å²) in [5.41, 5.74) is 10.6. The predicted octanol–water partition coefficient (Wildman–Crippen LogP) is 5.32. The second-order valence-electron chi connectivity index (χ2n) is 10.8. The van der Waals surface area contributed by atoms with E-state index >= 15 is 4.39 Å². The first-order chi connectivity index (χ1) is 19.1. The minimum atomic E-state index is -0.660. The van der Waals surface area contributed by atoms with E-state index in [4.69, 9.17) is 10.5 Å². The molecule has 0 fully saturated rings. The van der Waals surface area contributed by atoms with Crippen molar-refractivity contribution in [3.05, 3.63) is 94.3 Å². The molecule has 0 atom stereocenters. The fraction of sp³-hybridized carbons (Fsp3) is 0.258. The van der Waals surface area contributed by atoms with Gasteiger partial charge in [-0.15, -0.1) is 0 Å². The number of primary amides is 1. The molecule has 1 aliphatic heterocycles. The Morgan fingerprint density at radius 2 is 1.90 bits per heavy atom. The van der Waals surface area contributed by atoms with Crippen LogP contribution < -0.4 is 21.1 Å². The second kappa shape index (κ2) is 10.5. The van der Waals surface area contributed by atoms with Crippen molar-refractivity contribution in [3.63, 3.8) is 0 Å². The maximum Gasteiger partial charge on any atom is 0.255 e. The molecule has 40 heavy (non-hydrogen) atoms. The smallest absolute Gasteiger partial charge is 0.255 e. The molecule has 4 aromatic rings. The number of carbonyl (C=O) groups excluding carboxylic acids is 2. The van der Waals surface area contributed by atoms with Gasteiger partial charge in [0.2, 0.25) is 0 Å². The number of aromatic nitrogens is 2. The SMILES string of the molecule is COc1ccccc1C(=O)NCc1ccc(-c2nn3c(c2C(N)=O)Nc2ccc(C(C)(C)C)cc2CC3)cc1F. The van der Waals surface area contributed by atoms with Crippen LogP contribution in [-0.2, 0) is 24.9 Å². The second-order valence-corrected chi connectivity index (χ2v) is 10.8. The highest BCUT2D eigenvalue weighted by molar-refractivity contribution is 6.04. The average Bonchev–Trinajstić information content (AvgIpc) is 3.19. The van der Waals surface area contributed by atoms with Crippen LogP contribution in [0.2, 0.25) is 0 Å². The number of nitrogens with one attached hydrogen (secondary N) is 2. The van der Waals surface area contributed by atoms with E-state index in [1.165, 1.54) is 18.7 Å².